The Morgan fingerprint density at radius 2 is 1.86 bits per heavy atom. The van der Waals surface area contributed by atoms with E-state index in [1.165, 1.54) is 0 Å². The predicted molar refractivity (Wildman–Crippen MR) is 78.2 cm³/mol. The first-order chi connectivity index (χ1) is 9.85. The summed E-state index contributed by atoms with van der Waals surface area (Å²) in [6, 6.07) is -0.280. The van der Waals surface area contributed by atoms with Gasteiger partial charge in [0, 0.05) is 6.61 Å². The molecule has 2 unspecified atom stereocenters. The number of carboxylic acid groups (broad SMARTS) is 1. The van der Waals surface area contributed by atoms with E-state index in [1.54, 1.807) is 0 Å². The average molecular weight is 298 g/mol. The van der Waals surface area contributed by atoms with Crippen molar-refractivity contribution in [3.05, 3.63) is 0 Å². The molecule has 6 heteroatoms. The maximum absolute atomic E-state index is 12.3. The number of carbonyl (C=O) groups excluding carboxylic acids is 1. The molecule has 1 saturated carbocycles. The topological polar surface area (TPSA) is 87.7 Å². The van der Waals surface area contributed by atoms with E-state index >= 15 is 0 Å². The summed E-state index contributed by atoms with van der Waals surface area (Å²) in [5.74, 6) is -0.860. The lowest BCUT2D eigenvalue weighted by Crippen LogP contribution is -2.60. The van der Waals surface area contributed by atoms with Crippen molar-refractivity contribution in [2.75, 3.05) is 6.61 Å². The van der Waals surface area contributed by atoms with Gasteiger partial charge >= 0.3 is 12.0 Å². The van der Waals surface area contributed by atoms with Crippen LogP contribution in [-0.4, -0.2) is 40.9 Å². The molecule has 2 aliphatic rings. The van der Waals surface area contributed by atoms with E-state index in [4.69, 9.17) is 9.84 Å². The van der Waals surface area contributed by atoms with Crippen LogP contribution in [0.25, 0.3) is 0 Å². The molecule has 2 fully saturated rings. The fraction of sp³-hybridized carbons (Fsp3) is 0.867. The Morgan fingerprint density at radius 3 is 2.38 bits per heavy atom. The van der Waals surface area contributed by atoms with Crippen LogP contribution in [0.15, 0.2) is 0 Å². The van der Waals surface area contributed by atoms with Crippen molar-refractivity contribution < 1.29 is 19.4 Å². The quantitative estimate of drug-likeness (QED) is 0.741. The number of hydrogen-bond acceptors (Lipinski definition) is 3. The van der Waals surface area contributed by atoms with Gasteiger partial charge in [0.2, 0.25) is 0 Å². The van der Waals surface area contributed by atoms with Crippen molar-refractivity contribution in [3.8, 4) is 0 Å². The Kier molecular flexibility index (Phi) is 4.76. The van der Waals surface area contributed by atoms with E-state index in [1.807, 2.05) is 13.8 Å². The molecule has 1 aliphatic heterocycles. The van der Waals surface area contributed by atoms with Gasteiger partial charge in [0.05, 0.1) is 23.6 Å². The van der Waals surface area contributed by atoms with E-state index in [0.717, 1.165) is 38.5 Å². The van der Waals surface area contributed by atoms with Crippen molar-refractivity contribution in [2.45, 2.75) is 76.0 Å². The summed E-state index contributed by atoms with van der Waals surface area (Å²) in [6.45, 7) is 4.55. The van der Waals surface area contributed by atoms with Crippen LogP contribution in [0.3, 0.4) is 0 Å². The molecule has 1 saturated heterocycles. The molecule has 6 nitrogen and oxygen atoms in total. The molecular formula is C15H26N2O4. The fourth-order valence-corrected chi connectivity index (χ4v) is 3.39. The first kappa shape index (κ1) is 16.1. The Morgan fingerprint density at radius 1 is 1.19 bits per heavy atom. The van der Waals surface area contributed by atoms with E-state index in [-0.39, 0.29) is 24.1 Å². The van der Waals surface area contributed by atoms with E-state index < -0.39 is 11.5 Å². The maximum Gasteiger partial charge on any atom is 0.315 e. The Hall–Kier alpha value is -1.30. The van der Waals surface area contributed by atoms with Gasteiger partial charge in [-0.25, -0.2) is 4.79 Å². The molecule has 0 aromatic rings. The Labute approximate surface area is 125 Å². The van der Waals surface area contributed by atoms with Gasteiger partial charge in [0.1, 0.15) is 0 Å². The molecule has 1 heterocycles. The van der Waals surface area contributed by atoms with Crippen LogP contribution in [0.4, 0.5) is 4.79 Å². The van der Waals surface area contributed by atoms with Gasteiger partial charge in [-0.2, -0.15) is 0 Å². The lowest BCUT2D eigenvalue weighted by molar-refractivity contribution is -0.139. The summed E-state index contributed by atoms with van der Waals surface area (Å²) < 4.78 is 5.51. The summed E-state index contributed by atoms with van der Waals surface area (Å²) in [5.41, 5.74) is -0.990. The monoisotopic (exact) mass is 298 g/mol. The first-order valence-corrected chi connectivity index (χ1v) is 7.79. The number of carboxylic acids is 1. The normalized spacial score (nSPS) is 31.6. The molecular weight excluding hydrogens is 272 g/mol. The second-order valence-electron chi connectivity index (χ2n) is 6.67. The largest absolute Gasteiger partial charge is 0.481 e. The summed E-state index contributed by atoms with van der Waals surface area (Å²) in [4.78, 5) is 23.5. The SMILES string of the molecule is CC1OCCC1(C)NC(=O)NC1(CC(=O)O)CCCCC1. The summed E-state index contributed by atoms with van der Waals surface area (Å²) in [5, 5.41) is 15.1. The molecule has 2 atom stereocenters. The predicted octanol–water partition coefficient (Wildman–Crippen LogP) is 2.03. The van der Waals surface area contributed by atoms with Crippen LogP contribution < -0.4 is 10.6 Å². The lowest BCUT2D eigenvalue weighted by atomic mass is 9.79. The molecule has 1 aliphatic carbocycles. The van der Waals surface area contributed by atoms with E-state index in [0.29, 0.717) is 6.61 Å². The standard InChI is InChI=1S/C15H26N2O4/c1-11-14(2,8-9-21-11)16-13(20)17-15(10-12(18)19)6-4-3-5-7-15/h11H,3-10H2,1-2H3,(H,18,19)(H2,16,17,20). The third-order valence-electron chi connectivity index (χ3n) is 4.96. The lowest BCUT2D eigenvalue weighted by Gasteiger charge is -2.38. The molecule has 0 spiro atoms. The van der Waals surface area contributed by atoms with Gasteiger partial charge < -0.3 is 20.5 Å². The van der Waals surface area contributed by atoms with E-state index in [9.17, 15) is 9.59 Å². The van der Waals surface area contributed by atoms with Crippen LogP contribution in [0.1, 0.15) is 58.8 Å². The number of aliphatic carboxylic acids is 1. The average Bonchev–Trinajstić information content (AvgIpc) is 2.68. The number of carbonyl (C=O) groups is 2. The number of amides is 2. The number of hydrogen-bond donors (Lipinski definition) is 3. The van der Waals surface area contributed by atoms with Gasteiger partial charge in [0.25, 0.3) is 0 Å². The Bertz CT molecular complexity index is 406. The molecule has 3 N–H and O–H groups in total. The molecule has 0 radical (unpaired) electrons. The highest BCUT2D eigenvalue weighted by atomic mass is 16.5. The van der Waals surface area contributed by atoms with Gasteiger partial charge in [-0.15, -0.1) is 0 Å². The van der Waals surface area contributed by atoms with Crippen molar-refractivity contribution in [2.24, 2.45) is 0 Å². The van der Waals surface area contributed by atoms with Crippen molar-refractivity contribution in [1.29, 1.82) is 0 Å². The fourth-order valence-electron chi connectivity index (χ4n) is 3.39. The summed E-state index contributed by atoms with van der Waals surface area (Å²) >= 11 is 0. The van der Waals surface area contributed by atoms with Gasteiger partial charge in [-0.1, -0.05) is 19.3 Å². The number of rotatable bonds is 4. The van der Waals surface area contributed by atoms with Crippen LogP contribution in [0.2, 0.25) is 0 Å². The highest BCUT2D eigenvalue weighted by molar-refractivity contribution is 5.77. The number of ether oxygens (including phenoxy) is 1. The molecule has 120 valence electrons. The maximum atomic E-state index is 12.3. The zero-order valence-corrected chi connectivity index (χ0v) is 12.9. The zero-order chi connectivity index (χ0) is 15.5. The Balaban J connectivity index is 1.99. The zero-order valence-electron chi connectivity index (χ0n) is 12.9. The van der Waals surface area contributed by atoms with Gasteiger partial charge in [0.15, 0.2) is 0 Å². The van der Waals surface area contributed by atoms with Gasteiger partial charge in [-0.05, 0) is 33.1 Å². The minimum atomic E-state index is -0.860. The van der Waals surface area contributed by atoms with E-state index in [2.05, 4.69) is 10.6 Å². The first-order valence-electron chi connectivity index (χ1n) is 7.79. The molecule has 2 rings (SSSR count). The number of urea groups is 1. The van der Waals surface area contributed by atoms with Crippen molar-refractivity contribution >= 4 is 12.0 Å². The summed E-state index contributed by atoms with van der Waals surface area (Å²) in [7, 11) is 0. The molecule has 21 heavy (non-hydrogen) atoms. The van der Waals surface area contributed by atoms with Crippen LogP contribution >= 0.6 is 0 Å². The van der Waals surface area contributed by atoms with Crippen molar-refractivity contribution in [3.63, 3.8) is 0 Å². The number of nitrogens with one attached hydrogen (secondary N) is 2. The molecule has 2 amide bonds. The minimum Gasteiger partial charge on any atom is -0.481 e. The molecule has 0 aromatic heterocycles. The third-order valence-corrected chi connectivity index (χ3v) is 4.96. The van der Waals surface area contributed by atoms with Crippen LogP contribution in [0, 0.1) is 0 Å². The van der Waals surface area contributed by atoms with Crippen LogP contribution in [0.5, 0.6) is 0 Å². The summed E-state index contributed by atoms with van der Waals surface area (Å²) in [6.07, 6.45) is 5.22. The van der Waals surface area contributed by atoms with Crippen molar-refractivity contribution in [1.82, 2.24) is 10.6 Å². The molecule has 0 bridgehead atoms. The third kappa shape index (κ3) is 3.87. The smallest absolute Gasteiger partial charge is 0.315 e. The van der Waals surface area contributed by atoms with Crippen LogP contribution in [-0.2, 0) is 9.53 Å². The highest BCUT2D eigenvalue weighted by Gasteiger charge is 2.41. The van der Waals surface area contributed by atoms with Gasteiger partial charge in [-0.3, -0.25) is 4.79 Å². The second kappa shape index (κ2) is 6.22. The molecule has 0 aromatic carbocycles. The minimum absolute atomic E-state index is 0.0107. The second-order valence-corrected chi connectivity index (χ2v) is 6.67. The highest BCUT2D eigenvalue weighted by Crippen LogP contribution is 2.31.